The van der Waals surface area contributed by atoms with Gasteiger partial charge in [-0.3, -0.25) is 4.79 Å². The van der Waals surface area contributed by atoms with Crippen LogP contribution in [0.5, 0.6) is 11.5 Å². The van der Waals surface area contributed by atoms with E-state index in [9.17, 15) is 4.79 Å². The lowest BCUT2D eigenvalue weighted by atomic mass is 10.0. The molecule has 0 amide bonds. The van der Waals surface area contributed by atoms with Crippen LogP contribution in [0.25, 0.3) is 0 Å². The number of hydrogen-bond acceptors (Lipinski definition) is 3. The molecule has 1 N–H and O–H groups in total. The standard InChI is InChI=1S/C10H10O4/c1-13-7-3-2-4-8-9(7)6(5-14-8)10(11)12/h2-4,6H,5H2,1H3,(H,11,12). The third kappa shape index (κ3) is 1.19. The van der Waals surface area contributed by atoms with Crippen molar-refractivity contribution in [3.05, 3.63) is 23.8 Å². The van der Waals surface area contributed by atoms with Gasteiger partial charge in [0.25, 0.3) is 0 Å². The molecule has 0 saturated heterocycles. The fourth-order valence-electron chi connectivity index (χ4n) is 1.62. The quantitative estimate of drug-likeness (QED) is 0.769. The third-order valence-corrected chi connectivity index (χ3v) is 2.30. The van der Waals surface area contributed by atoms with Crippen LogP contribution in [-0.2, 0) is 4.79 Å². The second-order valence-corrected chi connectivity index (χ2v) is 3.07. The zero-order chi connectivity index (χ0) is 10.1. The molecule has 0 aliphatic carbocycles. The van der Waals surface area contributed by atoms with E-state index in [1.807, 2.05) is 0 Å². The number of carbonyl (C=O) groups is 1. The minimum absolute atomic E-state index is 0.186. The van der Waals surface area contributed by atoms with Gasteiger partial charge >= 0.3 is 5.97 Å². The number of carboxylic acid groups (broad SMARTS) is 1. The van der Waals surface area contributed by atoms with Crippen LogP contribution in [-0.4, -0.2) is 24.8 Å². The first-order chi connectivity index (χ1) is 6.74. The number of benzene rings is 1. The topological polar surface area (TPSA) is 55.8 Å². The molecule has 0 radical (unpaired) electrons. The summed E-state index contributed by atoms with van der Waals surface area (Å²) in [5.41, 5.74) is 0.641. The number of rotatable bonds is 2. The summed E-state index contributed by atoms with van der Waals surface area (Å²) < 4.78 is 10.3. The molecule has 0 fully saturated rings. The van der Waals surface area contributed by atoms with E-state index in [0.29, 0.717) is 17.1 Å². The maximum Gasteiger partial charge on any atom is 0.314 e. The van der Waals surface area contributed by atoms with E-state index >= 15 is 0 Å². The minimum Gasteiger partial charge on any atom is -0.496 e. The van der Waals surface area contributed by atoms with Gasteiger partial charge in [0.05, 0.1) is 12.7 Å². The van der Waals surface area contributed by atoms with Crippen molar-refractivity contribution < 1.29 is 19.4 Å². The van der Waals surface area contributed by atoms with E-state index < -0.39 is 11.9 Å². The monoisotopic (exact) mass is 194 g/mol. The lowest BCUT2D eigenvalue weighted by molar-refractivity contribution is -0.139. The number of ether oxygens (including phenoxy) is 2. The van der Waals surface area contributed by atoms with Crippen molar-refractivity contribution in [2.75, 3.05) is 13.7 Å². The van der Waals surface area contributed by atoms with Gasteiger partial charge in [0, 0.05) is 0 Å². The highest BCUT2D eigenvalue weighted by Gasteiger charge is 2.33. The van der Waals surface area contributed by atoms with Crippen molar-refractivity contribution in [2.45, 2.75) is 5.92 Å². The molecule has 2 rings (SSSR count). The molecule has 1 aliphatic heterocycles. The van der Waals surface area contributed by atoms with Crippen molar-refractivity contribution in [2.24, 2.45) is 0 Å². The van der Waals surface area contributed by atoms with Crippen LogP contribution < -0.4 is 9.47 Å². The minimum atomic E-state index is -0.881. The predicted molar refractivity (Wildman–Crippen MR) is 48.9 cm³/mol. The highest BCUT2D eigenvalue weighted by atomic mass is 16.5. The van der Waals surface area contributed by atoms with Gasteiger partial charge in [-0.2, -0.15) is 0 Å². The molecule has 0 spiro atoms. The lowest BCUT2D eigenvalue weighted by Crippen LogP contribution is -2.13. The van der Waals surface area contributed by atoms with Gasteiger partial charge in [-0.05, 0) is 12.1 Å². The Morgan fingerprint density at radius 3 is 3.07 bits per heavy atom. The van der Waals surface area contributed by atoms with Crippen LogP contribution >= 0.6 is 0 Å². The first kappa shape index (κ1) is 8.87. The third-order valence-electron chi connectivity index (χ3n) is 2.30. The molecule has 0 saturated carbocycles. The largest absolute Gasteiger partial charge is 0.496 e. The number of aliphatic carboxylic acids is 1. The molecule has 4 nitrogen and oxygen atoms in total. The average molecular weight is 194 g/mol. The Bertz CT molecular complexity index is 372. The first-order valence-electron chi connectivity index (χ1n) is 4.26. The number of methoxy groups -OCH3 is 1. The lowest BCUT2D eigenvalue weighted by Gasteiger charge is -2.07. The molecule has 1 atom stereocenters. The van der Waals surface area contributed by atoms with Crippen molar-refractivity contribution in [3.8, 4) is 11.5 Å². The van der Waals surface area contributed by atoms with E-state index in [4.69, 9.17) is 14.6 Å². The SMILES string of the molecule is COc1cccc2c1C(C(=O)O)CO2. The summed E-state index contributed by atoms with van der Waals surface area (Å²) in [5.74, 6) is -0.307. The molecule has 1 heterocycles. The van der Waals surface area contributed by atoms with Crippen molar-refractivity contribution in [3.63, 3.8) is 0 Å². The molecule has 1 aliphatic rings. The Hall–Kier alpha value is -1.71. The van der Waals surface area contributed by atoms with E-state index in [0.717, 1.165) is 0 Å². The summed E-state index contributed by atoms with van der Waals surface area (Å²) in [6.07, 6.45) is 0. The predicted octanol–water partition coefficient (Wildman–Crippen LogP) is 1.26. The van der Waals surface area contributed by atoms with Crippen LogP contribution in [0.4, 0.5) is 0 Å². The van der Waals surface area contributed by atoms with Gasteiger partial charge in [-0.15, -0.1) is 0 Å². The van der Waals surface area contributed by atoms with Gasteiger partial charge in [0.1, 0.15) is 24.0 Å². The highest BCUT2D eigenvalue weighted by molar-refractivity contribution is 5.80. The first-order valence-corrected chi connectivity index (χ1v) is 4.26. The second-order valence-electron chi connectivity index (χ2n) is 3.07. The summed E-state index contributed by atoms with van der Waals surface area (Å²) >= 11 is 0. The highest BCUT2D eigenvalue weighted by Crippen LogP contribution is 2.40. The molecule has 1 aromatic rings. The fraction of sp³-hybridized carbons (Fsp3) is 0.300. The Kier molecular flexibility index (Phi) is 2.04. The maximum absolute atomic E-state index is 10.9. The molecule has 74 valence electrons. The summed E-state index contributed by atoms with van der Waals surface area (Å²) in [4.78, 5) is 10.9. The molecule has 4 heteroatoms. The van der Waals surface area contributed by atoms with Gasteiger partial charge in [-0.1, -0.05) is 6.07 Å². The van der Waals surface area contributed by atoms with E-state index in [2.05, 4.69) is 0 Å². The molecule has 0 aromatic heterocycles. The normalized spacial score (nSPS) is 18.5. The molecule has 0 bridgehead atoms. The zero-order valence-corrected chi connectivity index (χ0v) is 7.69. The number of hydrogen-bond donors (Lipinski definition) is 1. The summed E-state index contributed by atoms with van der Waals surface area (Å²) in [7, 11) is 1.52. The smallest absolute Gasteiger partial charge is 0.314 e. The summed E-state index contributed by atoms with van der Waals surface area (Å²) in [6.45, 7) is 0.186. The second kappa shape index (κ2) is 3.21. The molecule has 1 aromatic carbocycles. The van der Waals surface area contributed by atoms with E-state index in [1.165, 1.54) is 7.11 Å². The maximum atomic E-state index is 10.9. The van der Waals surface area contributed by atoms with Gasteiger partial charge in [0.2, 0.25) is 0 Å². The average Bonchev–Trinajstić information content (AvgIpc) is 2.60. The van der Waals surface area contributed by atoms with E-state index in [1.54, 1.807) is 18.2 Å². The van der Waals surface area contributed by atoms with Crippen LogP contribution in [0.2, 0.25) is 0 Å². The van der Waals surface area contributed by atoms with Crippen LogP contribution in [0.1, 0.15) is 11.5 Å². The zero-order valence-electron chi connectivity index (χ0n) is 7.69. The Labute approximate surface area is 81.1 Å². The van der Waals surface area contributed by atoms with Gasteiger partial charge in [-0.25, -0.2) is 0 Å². The fourth-order valence-corrected chi connectivity index (χ4v) is 1.62. The molecule has 14 heavy (non-hydrogen) atoms. The van der Waals surface area contributed by atoms with Crippen LogP contribution in [0, 0.1) is 0 Å². The van der Waals surface area contributed by atoms with Crippen LogP contribution in [0.15, 0.2) is 18.2 Å². The molecular weight excluding hydrogens is 184 g/mol. The molecule has 1 unspecified atom stereocenters. The van der Waals surface area contributed by atoms with E-state index in [-0.39, 0.29) is 6.61 Å². The van der Waals surface area contributed by atoms with Crippen molar-refractivity contribution >= 4 is 5.97 Å². The summed E-state index contributed by atoms with van der Waals surface area (Å²) in [5, 5.41) is 8.94. The Balaban J connectivity index is 2.50. The van der Waals surface area contributed by atoms with Gasteiger partial charge < -0.3 is 14.6 Å². The van der Waals surface area contributed by atoms with Crippen molar-refractivity contribution in [1.82, 2.24) is 0 Å². The van der Waals surface area contributed by atoms with Crippen LogP contribution in [0.3, 0.4) is 0 Å². The number of fused-ring (bicyclic) bond motifs is 1. The summed E-state index contributed by atoms with van der Waals surface area (Å²) in [6, 6.07) is 5.27. The van der Waals surface area contributed by atoms with Crippen molar-refractivity contribution in [1.29, 1.82) is 0 Å². The Morgan fingerprint density at radius 2 is 2.43 bits per heavy atom. The molecular formula is C10H10O4. The van der Waals surface area contributed by atoms with Gasteiger partial charge in [0.15, 0.2) is 0 Å². The number of carboxylic acids is 1. The Morgan fingerprint density at radius 1 is 1.64 bits per heavy atom.